The van der Waals surface area contributed by atoms with E-state index in [9.17, 15) is 0 Å². The Morgan fingerprint density at radius 2 is 1.65 bits per heavy atom. The average Bonchev–Trinajstić information content (AvgIpc) is 2.46. The second-order valence-corrected chi connectivity index (χ2v) is 5.35. The van der Waals surface area contributed by atoms with Crippen LogP contribution in [-0.2, 0) is 17.4 Å². The van der Waals surface area contributed by atoms with Gasteiger partial charge in [-0.1, -0.05) is 0 Å². The van der Waals surface area contributed by atoms with E-state index in [1.165, 1.54) is 16.7 Å². The van der Waals surface area contributed by atoms with Crippen LogP contribution in [0.3, 0.4) is 0 Å². The molecule has 17 heavy (non-hydrogen) atoms. The van der Waals surface area contributed by atoms with Gasteiger partial charge in [-0.25, -0.2) is 0 Å². The predicted molar refractivity (Wildman–Crippen MR) is 56.7 cm³/mol. The first-order valence-electron chi connectivity index (χ1n) is 4.79. The Labute approximate surface area is 131 Å². The van der Waals surface area contributed by atoms with E-state index in [1.807, 2.05) is 0 Å². The van der Waals surface area contributed by atoms with E-state index < -0.39 is 0 Å². The Hall–Kier alpha value is 0.154. The Morgan fingerprint density at radius 3 is 2.12 bits per heavy atom. The Morgan fingerprint density at radius 1 is 1.06 bits per heavy atom. The largest absolute Gasteiger partial charge is 1.00 e. The molecule has 0 fully saturated rings. The summed E-state index contributed by atoms with van der Waals surface area (Å²) in [6, 6.07) is 8.55. The number of benzene rings is 1. The standard InChI is InChI=1S/C13H13.3ClH.V/c1-10-6-3-4-8-12(10)13-9-5-7-11(13)2;;;;/h3-9H,1-2H3;3*1H;/q;;;;+3/p-3. The van der Waals surface area contributed by atoms with E-state index in [1.54, 1.807) is 0 Å². The van der Waals surface area contributed by atoms with Crippen molar-refractivity contribution in [3.63, 3.8) is 0 Å². The molecule has 1 aromatic carbocycles. The molecule has 4 heteroatoms. The maximum atomic E-state index is 2.75. The van der Waals surface area contributed by atoms with Crippen LogP contribution in [0.1, 0.15) is 18.1 Å². The van der Waals surface area contributed by atoms with Gasteiger partial charge in [-0.05, 0) is 0 Å². The van der Waals surface area contributed by atoms with Gasteiger partial charge in [-0.15, -0.1) is 0 Å². The van der Waals surface area contributed by atoms with Crippen molar-refractivity contribution >= 4 is 5.57 Å². The van der Waals surface area contributed by atoms with Gasteiger partial charge in [0, 0.05) is 0 Å². The second-order valence-electron chi connectivity index (χ2n) is 3.90. The number of allylic oxidation sites excluding steroid dienone is 4. The molecular formula is C13H13Cl3V. The van der Waals surface area contributed by atoms with Crippen molar-refractivity contribution in [1.29, 1.82) is 0 Å². The SMILES string of the molecule is Cc1ccccc1C1=CC=C[C]1(C)[V+3].[Cl-].[Cl-].[Cl-]. The van der Waals surface area contributed by atoms with Crippen LogP contribution in [0.25, 0.3) is 5.57 Å². The van der Waals surface area contributed by atoms with Gasteiger partial charge in [-0.3, -0.25) is 0 Å². The first kappa shape index (κ1) is 19.5. The fourth-order valence-electron chi connectivity index (χ4n) is 1.83. The third-order valence-electron chi connectivity index (χ3n) is 2.66. The minimum Gasteiger partial charge on any atom is -1.00 e. The van der Waals surface area contributed by atoms with Crippen LogP contribution >= 0.6 is 0 Å². The smallest absolute Gasteiger partial charge is 1.00 e. The first-order chi connectivity index (χ1) is 6.61. The molecule has 1 atom stereocenters. The van der Waals surface area contributed by atoms with E-state index in [-0.39, 0.29) is 41.3 Å². The zero-order valence-corrected chi connectivity index (χ0v) is 13.3. The summed E-state index contributed by atoms with van der Waals surface area (Å²) < 4.78 is 0.124. The summed E-state index contributed by atoms with van der Waals surface area (Å²) in [7, 11) is 0. The van der Waals surface area contributed by atoms with Crippen molar-refractivity contribution in [2.45, 2.75) is 18.0 Å². The van der Waals surface area contributed by atoms with E-state index in [0.29, 0.717) is 0 Å². The van der Waals surface area contributed by atoms with Crippen LogP contribution in [0.5, 0.6) is 0 Å². The fraction of sp³-hybridized carbons (Fsp3) is 0.231. The monoisotopic (exact) mass is 325 g/mol. The molecule has 0 aromatic heterocycles. The van der Waals surface area contributed by atoms with Gasteiger partial charge in [0.15, 0.2) is 0 Å². The van der Waals surface area contributed by atoms with E-state index >= 15 is 0 Å². The molecule has 1 unspecified atom stereocenters. The zero-order chi connectivity index (χ0) is 10.2. The molecule has 0 spiro atoms. The fourth-order valence-corrected chi connectivity index (χ4v) is 2.27. The van der Waals surface area contributed by atoms with Gasteiger partial charge >= 0.3 is 94.6 Å². The quantitative estimate of drug-likeness (QED) is 0.484. The third-order valence-corrected chi connectivity index (χ3v) is 3.27. The summed E-state index contributed by atoms with van der Waals surface area (Å²) in [6.45, 7) is 4.40. The minimum atomic E-state index is 0. The topological polar surface area (TPSA) is 0 Å². The summed E-state index contributed by atoms with van der Waals surface area (Å²) in [5.41, 5.74) is 4.11. The first-order valence-corrected chi connectivity index (χ1v) is 5.49. The summed E-state index contributed by atoms with van der Waals surface area (Å²) in [5.74, 6) is 0. The molecule has 0 saturated heterocycles. The summed E-state index contributed by atoms with van der Waals surface area (Å²) in [5, 5.41) is 0. The molecule has 2 rings (SSSR count). The molecule has 0 amide bonds. The Bertz CT molecular complexity index is 422. The van der Waals surface area contributed by atoms with Crippen molar-refractivity contribution in [3.05, 3.63) is 53.6 Å². The molecule has 1 aliphatic rings. The third kappa shape index (κ3) is 4.08. The molecule has 0 nitrogen and oxygen atoms in total. The van der Waals surface area contributed by atoms with E-state index in [4.69, 9.17) is 0 Å². The van der Waals surface area contributed by atoms with Crippen molar-refractivity contribution in [1.82, 2.24) is 0 Å². The van der Waals surface area contributed by atoms with Crippen molar-refractivity contribution in [2.24, 2.45) is 0 Å². The van der Waals surface area contributed by atoms with Gasteiger partial charge < -0.3 is 37.2 Å². The maximum Gasteiger partial charge on any atom is -1.00 e. The molecule has 0 bridgehead atoms. The van der Waals surface area contributed by atoms with Gasteiger partial charge in [0.2, 0.25) is 0 Å². The minimum absolute atomic E-state index is 0. The maximum absolute atomic E-state index is 2.75. The van der Waals surface area contributed by atoms with Crippen LogP contribution in [0.2, 0.25) is 4.13 Å². The number of hydrogen-bond acceptors (Lipinski definition) is 0. The summed E-state index contributed by atoms with van der Waals surface area (Å²) >= 11 is 2.75. The average molecular weight is 327 g/mol. The van der Waals surface area contributed by atoms with E-state index in [0.717, 1.165) is 0 Å². The number of rotatable bonds is 1. The Balaban J connectivity index is 0. The van der Waals surface area contributed by atoms with Crippen LogP contribution < -0.4 is 37.2 Å². The van der Waals surface area contributed by atoms with Gasteiger partial charge in [0.25, 0.3) is 0 Å². The van der Waals surface area contributed by atoms with Crippen LogP contribution in [-0.4, -0.2) is 0 Å². The van der Waals surface area contributed by atoms with Gasteiger partial charge in [0.05, 0.1) is 0 Å². The van der Waals surface area contributed by atoms with Crippen molar-refractivity contribution < 1.29 is 54.6 Å². The summed E-state index contributed by atoms with van der Waals surface area (Å²) in [4.78, 5) is 0. The molecule has 0 aliphatic heterocycles. The molecule has 0 N–H and O–H groups in total. The molecule has 1 aromatic rings. The second kappa shape index (κ2) is 7.56. The zero-order valence-electron chi connectivity index (χ0n) is 9.62. The normalized spacial score (nSPS) is 20.8. The van der Waals surface area contributed by atoms with Crippen molar-refractivity contribution in [2.75, 3.05) is 0 Å². The number of halogens is 3. The molecule has 0 radical (unpaired) electrons. The molecular weight excluding hydrogens is 313 g/mol. The van der Waals surface area contributed by atoms with Gasteiger partial charge in [0.1, 0.15) is 0 Å². The number of aryl methyl sites for hydroxylation is 1. The summed E-state index contributed by atoms with van der Waals surface area (Å²) in [6.07, 6.45) is 6.58. The van der Waals surface area contributed by atoms with Crippen LogP contribution in [0, 0.1) is 6.92 Å². The van der Waals surface area contributed by atoms with Gasteiger partial charge in [-0.2, -0.15) is 0 Å². The van der Waals surface area contributed by atoms with Crippen LogP contribution in [0.15, 0.2) is 42.5 Å². The predicted octanol–water partition coefficient (Wildman–Crippen LogP) is -5.31. The van der Waals surface area contributed by atoms with E-state index in [2.05, 4.69) is 73.8 Å². The molecule has 91 valence electrons. The number of hydrogen-bond donors (Lipinski definition) is 0. The van der Waals surface area contributed by atoms with Crippen LogP contribution in [0.4, 0.5) is 0 Å². The van der Waals surface area contributed by atoms with Crippen molar-refractivity contribution in [3.8, 4) is 0 Å². The molecule has 0 saturated carbocycles. The Kier molecular flexibility index (Phi) is 8.67. The molecule has 1 aliphatic carbocycles. The molecule has 0 heterocycles.